The van der Waals surface area contributed by atoms with Crippen LogP contribution in [0.1, 0.15) is 11.3 Å². The minimum absolute atomic E-state index is 0.115. The maximum Gasteiger partial charge on any atom is 0.433 e. The first kappa shape index (κ1) is 18.2. The Morgan fingerprint density at radius 2 is 1.35 bits per heavy atom. The van der Waals surface area contributed by atoms with Crippen molar-refractivity contribution in [3.05, 3.63) is 50.7 Å². The van der Waals surface area contributed by atoms with Gasteiger partial charge in [0.1, 0.15) is 0 Å². The summed E-state index contributed by atoms with van der Waals surface area (Å²) in [6.45, 7) is 0. The molecule has 0 saturated heterocycles. The summed E-state index contributed by atoms with van der Waals surface area (Å²) in [7, 11) is 0. The lowest BCUT2D eigenvalue weighted by atomic mass is 9.98. The molecule has 0 radical (unpaired) electrons. The number of pyridine rings is 1. The second-order valence-electron chi connectivity index (χ2n) is 4.33. The van der Waals surface area contributed by atoms with Crippen LogP contribution in [0.15, 0.2) is 24.4 Å². The molecule has 0 atom stereocenters. The normalized spacial score (nSPS) is 12.6. The standard InChI is InChI=1S/C13H4Cl3F6N/c14-7-3-5(4-8(15)10(7)16)6-1-2-23-11(13(20,21)22)9(6)12(17,18)19/h1-4H. The fraction of sp³-hybridized carbons (Fsp3) is 0.154. The Balaban J connectivity index is 2.83. The molecule has 0 aliphatic heterocycles. The molecule has 0 spiro atoms. The molecule has 1 heterocycles. The van der Waals surface area contributed by atoms with Gasteiger partial charge in [-0.05, 0) is 29.3 Å². The van der Waals surface area contributed by atoms with Gasteiger partial charge in [0.05, 0.1) is 20.6 Å². The summed E-state index contributed by atoms with van der Waals surface area (Å²) >= 11 is 17.2. The second kappa shape index (κ2) is 6.03. The maximum atomic E-state index is 13.2. The Morgan fingerprint density at radius 1 is 0.826 bits per heavy atom. The Bertz CT molecular complexity index is 731. The summed E-state index contributed by atoms with van der Waals surface area (Å²) in [6.07, 6.45) is -9.93. The van der Waals surface area contributed by atoms with Crippen molar-refractivity contribution in [2.75, 3.05) is 0 Å². The SMILES string of the molecule is FC(F)(F)c1nccc(-c2cc(Cl)c(Cl)c(Cl)c2)c1C(F)(F)F. The van der Waals surface area contributed by atoms with Gasteiger partial charge in [0.15, 0.2) is 5.69 Å². The highest BCUT2D eigenvalue weighted by molar-refractivity contribution is 6.48. The van der Waals surface area contributed by atoms with Crippen LogP contribution in [0.2, 0.25) is 15.1 Å². The number of hydrogen-bond acceptors (Lipinski definition) is 1. The van der Waals surface area contributed by atoms with Crippen LogP contribution >= 0.6 is 34.8 Å². The lowest BCUT2D eigenvalue weighted by Crippen LogP contribution is -2.19. The van der Waals surface area contributed by atoms with Gasteiger partial charge in [-0.25, -0.2) is 0 Å². The average molecular weight is 395 g/mol. The zero-order chi connectivity index (χ0) is 17.6. The molecule has 0 saturated carbocycles. The van der Waals surface area contributed by atoms with E-state index in [4.69, 9.17) is 34.8 Å². The number of nitrogens with zero attached hydrogens (tertiary/aromatic N) is 1. The van der Waals surface area contributed by atoms with E-state index in [1.54, 1.807) is 0 Å². The Morgan fingerprint density at radius 3 is 1.78 bits per heavy atom. The van der Waals surface area contributed by atoms with Gasteiger partial charge in [-0.3, -0.25) is 4.98 Å². The largest absolute Gasteiger partial charge is 0.433 e. The van der Waals surface area contributed by atoms with Gasteiger partial charge in [-0.15, -0.1) is 0 Å². The van der Waals surface area contributed by atoms with Gasteiger partial charge in [-0.1, -0.05) is 34.8 Å². The Hall–Kier alpha value is -1.18. The molecule has 23 heavy (non-hydrogen) atoms. The van der Waals surface area contributed by atoms with Crippen LogP contribution in [-0.2, 0) is 12.4 Å². The van der Waals surface area contributed by atoms with Gasteiger partial charge in [0.25, 0.3) is 0 Å². The molecule has 2 aromatic rings. The molecule has 10 heteroatoms. The molecule has 0 aliphatic rings. The van der Waals surface area contributed by atoms with Crippen molar-refractivity contribution in [3.8, 4) is 11.1 Å². The summed E-state index contributed by atoms with van der Waals surface area (Å²) in [5.74, 6) is 0. The van der Waals surface area contributed by atoms with Crippen LogP contribution in [0.25, 0.3) is 11.1 Å². The van der Waals surface area contributed by atoms with Crippen molar-refractivity contribution < 1.29 is 26.3 Å². The lowest BCUT2D eigenvalue weighted by molar-refractivity contribution is -0.164. The highest BCUT2D eigenvalue weighted by atomic mass is 35.5. The van der Waals surface area contributed by atoms with E-state index in [2.05, 4.69) is 4.98 Å². The molecule has 0 aliphatic carbocycles. The molecule has 0 amide bonds. The van der Waals surface area contributed by atoms with E-state index >= 15 is 0 Å². The number of aromatic nitrogens is 1. The van der Waals surface area contributed by atoms with E-state index in [0.717, 1.165) is 18.2 Å². The molecule has 124 valence electrons. The molecule has 0 N–H and O–H groups in total. The minimum Gasteiger partial charge on any atom is -0.251 e. The molecular formula is C13H4Cl3F6N. The molecular weight excluding hydrogens is 390 g/mol. The summed E-state index contributed by atoms with van der Waals surface area (Å²) in [6, 6.07) is 2.80. The van der Waals surface area contributed by atoms with Crippen molar-refractivity contribution in [2.24, 2.45) is 0 Å². The number of benzene rings is 1. The van der Waals surface area contributed by atoms with E-state index in [1.165, 1.54) is 0 Å². The molecule has 1 aromatic carbocycles. The van der Waals surface area contributed by atoms with Crippen LogP contribution in [0.3, 0.4) is 0 Å². The summed E-state index contributed by atoms with van der Waals surface area (Å²) in [4.78, 5) is 2.83. The lowest BCUT2D eigenvalue weighted by Gasteiger charge is -2.18. The van der Waals surface area contributed by atoms with E-state index in [9.17, 15) is 26.3 Å². The summed E-state index contributed by atoms with van der Waals surface area (Å²) in [5, 5.41) is -0.490. The molecule has 1 nitrogen and oxygen atoms in total. The number of halogens is 9. The van der Waals surface area contributed by atoms with Crippen LogP contribution in [-0.4, -0.2) is 4.98 Å². The minimum atomic E-state index is -5.28. The van der Waals surface area contributed by atoms with Gasteiger partial charge in [0.2, 0.25) is 0 Å². The highest BCUT2D eigenvalue weighted by Gasteiger charge is 2.46. The predicted molar refractivity (Wildman–Crippen MR) is 74.7 cm³/mol. The number of hydrogen-bond donors (Lipinski definition) is 0. The van der Waals surface area contributed by atoms with Gasteiger partial charge >= 0.3 is 12.4 Å². The van der Waals surface area contributed by atoms with E-state index in [1.807, 2.05) is 0 Å². The van der Waals surface area contributed by atoms with Gasteiger partial charge in [-0.2, -0.15) is 26.3 Å². The first-order valence-corrected chi connectivity index (χ1v) is 6.84. The van der Waals surface area contributed by atoms with E-state index in [0.29, 0.717) is 6.20 Å². The summed E-state index contributed by atoms with van der Waals surface area (Å²) < 4.78 is 78.1. The third-order valence-electron chi connectivity index (χ3n) is 2.80. The smallest absolute Gasteiger partial charge is 0.251 e. The van der Waals surface area contributed by atoms with Crippen molar-refractivity contribution in [2.45, 2.75) is 12.4 Å². The second-order valence-corrected chi connectivity index (χ2v) is 5.52. The van der Waals surface area contributed by atoms with Crippen molar-refractivity contribution in [1.82, 2.24) is 4.98 Å². The molecule has 2 rings (SSSR count). The van der Waals surface area contributed by atoms with Crippen LogP contribution in [0, 0.1) is 0 Å². The van der Waals surface area contributed by atoms with Crippen molar-refractivity contribution in [3.63, 3.8) is 0 Å². The van der Waals surface area contributed by atoms with Crippen LogP contribution in [0.5, 0.6) is 0 Å². The van der Waals surface area contributed by atoms with Gasteiger partial charge < -0.3 is 0 Å². The first-order valence-electron chi connectivity index (χ1n) is 5.71. The van der Waals surface area contributed by atoms with E-state index in [-0.39, 0.29) is 20.6 Å². The zero-order valence-corrected chi connectivity index (χ0v) is 12.9. The van der Waals surface area contributed by atoms with Crippen LogP contribution in [0.4, 0.5) is 26.3 Å². The maximum absolute atomic E-state index is 13.2. The topological polar surface area (TPSA) is 12.9 Å². The van der Waals surface area contributed by atoms with E-state index < -0.39 is 29.2 Å². The molecule has 0 unspecified atom stereocenters. The van der Waals surface area contributed by atoms with Crippen LogP contribution < -0.4 is 0 Å². The summed E-state index contributed by atoms with van der Waals surface area (Å²) in [5.41, 5.74) is -4.96. The quantitative estimate of drug-likeness (QED) is 0.385. The first-order chi connectivity index (χ1) is 10.4. The average Bonchev–Trinajstić information content (AvgIpc) is 2.41. The van der Waals surface area contributed by atoms with Gasteiger partial charge in [0, 0.05) is 6.20 Å². The van der Waals surface area contributed by atoms with Crippen molar-refractivity contribution in [1.29, 1.82) is 0 Å². The molecule has 0 fully saturated rings. The Labute approximate surface area is 140 Å². The Kier molecular flexibility index (Phi) is 4.76. The third kappa shape index (κ3) is 3.67. The highest BCUT2D eigenvalue weighted by Crippen LogP contribution is 2.45. The number of rotatable bonds is 1. The third-order valence-corrected chi connectivity index (χ3v) is 3.99. The fourth-order valence-electron chi connectivity index (χ4n) is 1.92. The number of alkyl halides is 6. The molecule has 1 aromatic heterocycles. The van der Waals surface area contributed by atoms with Crippen molar-refractivity contribution >= 4 is 34.8 Å². The zero-order valence-electron chi connectivity index (χ0n) is 10.7. The predicted octanol–water partition coefficient (Wildman–Crippen LogP) is 6.75. The fourth-order valence-corrected chi connectivity index (χ4v) is 2.51. The molecule has 0 bridgehead atoms. The monoisotopic (exact) mass is 393 g/mol.